The number of hydrogen-bond acceptors (Lipinski definition) is 5. The number of anilines is 2. The Bertz CT molecular complexity index is 942. The fourth-order valence-corrected chi connectivity index (χ4v) is 2.92. The van der Waals surface area contributed by atoms with E-state index in [9.17, 15) is 26.4 Å². The van der Waals surface area contributed by atoms with Gasteiger partial charge in [0.2, 0.25) is 5.91 Å². The number of hydrogen-bond donors (Lipinski definition) is 2. The van der Waals surface area contributed by atoms with E-state index in [0.717, 1.165) is 18.4 Å². The highest BCUT2D eigenvalue weighted by Crippen LogP contribution is 2.35. The third-order valence-electron chi connectivity index (χ3n) is 3.61. The number of ether oxygens (including phenoxy) is 1. The minimum absolute atomic E-state index is 0.0410. The van der Waals surface area contributed by atoms with E-state index in [-0.39, 0.29) is 29.5 Å². The first-order valence-corrected chi connectivity index (χ1v) is 10.1. The molecule has 6 nitrogen and oxygen atoms in total. The minimum Gasteiger partial charge on any atom is -0.492 e. The number of benzene rings is 2. The van der Waals surface area contributed by atoms with Crippen molar-refractivity contribution in [3.63, 3.8) is 0 Å². The zero-order valence-corrected chi connectivity index (χ0v) is 15.9. The highest BCUT2D eigenvalue weighted by Gasteiger charge is 2.31. The van der Waals surface area contributed by atoms with Crippen molar-refractivity contribution >= 4 is 27.1 Å². The smallest absolute Gasteiger partial charge is 0.416 e. The molecule has 0 heterocycles. The molecular formula is C18H19F3N2O4S. The Hall–Kier alpha value is -2.75. The van der Waals surface area contributed by atoms with E-state index in [4.69, 9.17) is 4.74 Å². The van der Waals surface area contributed by atoms with Crippen LogP contribution >= 0.6 is 0 Å². The van der Waals surface area contributed by atoms with E-state index >= 15 is 0 Å². The average Bonchev–Trinajstić information content (AvgIpc) is 2.60. The highest BCUT2D eigenvalue weighted by atomic mass is 32.2. The van der Waals surface area contributed by atoms with Crippen LogP contribution in [0.15, 0.2) is 47.4 Å². The zero-order valence-electron chi connectivity index (χ0n) is 15.1. The third kappa shape index (κ3) is 5.88. The van der Waals surface area contributed by atoms with Gasteiger partial charge in [-0.2, -0.15) is 13.2 Å². The molecule has 1 amide bonds. The van der Waals surface area contributed by atoms with Crippen LogP contribution in [-0.4, -0.2) is 33.7 Å². The number of rotatable bonds is 7. The Kier molecular flexibility index (Phi) is 6.55. The molecule has 0 fully saturated rings. The molecule has 0 saturated carbocycles. The third-order valence-corrected chi connectivity index (χ3v) is 4.74. The molecule has 2 aromatic carbocycles. The fourth-order valence-electron chi connectivity index (χ4n) is 2.29. The Labute approximate surface area is 160 Å². The van der Waals surface area contributed by atoms with E-state index in [2.05, 4.69) is 10.6 Å². The lowest BCUT2D eigenvalue weighted by Crippen LogP contribution is -2.22. The summed E-state index contributed by atoms with van der Waals surface area (Å²) in [6.07, 6.45) is -3.46. The summed E-state index contributed by atoms with van der Waals surface area (Å²) in [7, 11) is -3.35. The molecule has 2 N–H and O–H groups in total. The van der Waals surface area contributed by atoms with Gasteiger partial charge in [0.1, 0.15) is 5.75 Å². The van der Waals surface area contributed by atoms with Crippen molar-refractivity contribution in [3.05, 3.63) is 48.0 Å². The first-order valence-electron chi connectivity index (χ1n) is 8.18. The van der Waals surface area contributed by atoms with Gasteiger partial charge in [-0.15, -0.1) is 0 Å². The number of carbonyl (C=O) groups is 1. The second kappa shape index (κ2) is 8.51. The predicted molar refractivity (Wildman–Crippen MR) is 99.3 cm³/mol. The Morgan fingerprint density at radius 2 is 1.75 bits per heavy atom. The van der Waals surface area contributed by atoms with Gasteiger partial charge in [-0.05, 0) is 49.4 Å². The van der Waals surface area contributed by atoms with Gasteiger partial charge in [0.25, 0.3) is 0 Å². The first kappa shape index (κ1) is 21.5. The van der Waals surface area contributed by atoms with Gasteiger partial charge in [0.15, 0.2) is 9.84 Å². The zero-order chi connectivity index (χ0) is 20.9. The topological polar surface area (TPSA) is 84.5 Å². The van der Waals surface area contributed by atoms with Crippen LogP contribution in [0.1, 0.15) is 12.5 Å². The molecule has 2 rings (SSSR count). The maximum Gasteiger partial charge on any atom is 0.416 e. The second-order valence-corrected chi connectivity index (χ2v) is 7.86. The summed E-state index contributed by atoms with van der Waals surface area (Å²) in [6, 6.07) is 8.50. The van der Waals surface area contributed by atoms with E-state index in [1.54, 1.807) is 6.92 Å². The van der Waals surface area contributed by atoms with Gasteiger partial charge in [-0.1, -0.05) is 0 Å². The van der Waals surface area contributed by atoms with Crippen LogP contribution in [-0.2, 0) is 20.8 Å². The van der Waals surface area contributed by atoms with Gasteiger partial charge in [-0.3, -0.25) is 4.79 Å². The lowest BCUT2D eigenvalue weighted by Gasteiger charge is -2.15. The summed E-state index contributed by atoms with van der Waals surface area (Å²) in [4.78, 5) is 12.2. The SMILES string of the molecule is CCOc1ccc(C(F)(F)F)cc1NCC(=O)Nc1ccc(S(C)(=O)=O)cc1. The van der Waals surface area contributed by atoms with Gasteiger partial charge in [0.05, 0.1) is 29.3 Å². The molecule has 0 atom stereocenters. The molecule has 0 aliphatic carbocycles. The quantitative estimate of drug-likeness (QED) is 0.721. The summed E-state index contributed by atoms with van der Waals surface area (Å²) in [5, 5.41) is 5.16. The summed E-state index contributed by atoms with van der Waals surface area (Å²) in [6.45, 7) is 1.63. The number of alkyl halides is 3. The molecular weight excluding hydrogens is 397 g/mol. The van der Waals surface area contributed by atoms with Gasteiger partial charge < -0.3 is 15.4 Å². The summed E-state index contributed by atoms with van der Waals surface area (Å²) in [5.41, 5.74) is -0.470. The fraction of sp³-hybridized carbons (Fsp3) is 0.278. The molecule has 0 unspecified atom stereocenters. The first-order chi connectivity index (χ1) is 13.0. The Morgan fingerprint density at radius 1 is 1.11 bits per heavy atom. The van der Waals surface area contributed by atoms with E-state index < -0.39 is 27.5 Å². The van der Waals surface area contributed by atoms with Crippen LogP contribution in [0.5, 0.6) is 5.75 Å². The molecule has 0 bridgehead atoms. The van der Waals surface area contributed by atoms with Crippen LogP contribution in [0.3, 0.4) is 0 Å². The Morgan fingerprint density at radius 3 is 2.29 bits per heavy atom. The molecule has 2 aromatic rings. The monoisotopic (exact) mass is 416 g/mol. The number of sulfone groups is 1. The van der Waals surface area contributed by atoms with Crippen LogP contribution in [0.25, 0.3) is 0 Å². The van der Waals surface area contributed by atoms with Crippen molar-refractivity contribution < 1.29 is 31.1 Å². The maximum absolute atomic E-state index is 12.9. The van der Waals surface area contributed by atoms with Crippen molar-refractivity contribution in [1.29, 1.82) is 0 Å². The summed E-state index contributed by atoms with van der Waals surface area (Å²) >= 11 is 0. The maximum atomic E-state index is 12.9. The van der Waals surface area contributed by atoms with Gasteiger partial charge in [-0.25, -0.2) is 8.42 Å². The lowest BCUT2D eigenvalue weighted by molar-refractivity contribution is -0.137. The molecule has 0 saturated heterocycles. The number of halogens is 3. The minimum atomic E-state index is -4.52. The molecule has 10 heteroatoms. The predicted octanol–water partition coefficient (Wildman–Crippen LogP) is 3.56. The van der Waals surface area contributed by atoms with Crippen LogP contribution < -0.4 is 15.4 Å². The van der Waals surface area contributed by atoms with Crippen LogP contribution in [0.2, 0.25) is 0 Å². The molecule has 0 aliphatic heterocycles. The molecule has 0 aliphatic rings. The largest absolute Gasteiger partial charge is 0.492 e. The molecule has 0 spiro atoms. The highest BCUT2D eigenvalue weighted by molar-refractivity contribution is 7.90. The normalized spacial score (nSPS) is 11.8. The number of carbonyl (C=O) groups excluding carboxylic acids is 1. The summed E-state index contributed by atoms with van der Waals surface area (Å²) < 4.78 is 66.8. The van der Waals surface area contributed by atoms with Crippen molar-refractivity contribution in [2.24, 2.45) is 0 Å². The standard InChI is InChI=1S/C18H19F3N2O4S/c1-3-27-16-9-4-12(18(19,20)21)10-15(16)22-11-17(24)23-13-5-7-14(8-6-13)28(2,25)26/h4-10,22H,3,11H2,1-2H3,(H,23,24). The molecule has 28 heavy (non-hydrogen) atoms. The lowest BCUT2D eigenvalue weighted by atomic mass is 10.1. The van der Waals surface area contributed by atoms with E-state index in [1.807, 2.05) is 0 Å². The van der Waals surface area contributed by atoms with E-state index in [0.29, 0.717) is 5.69 Å². The number of nitrogens with one attached hydrogen (secondary N) is 2. The van der Waals surface area contributed by atoms with Gasteiger partial charge in [0, 0.05) is 11.9 Å². The van der Waals surface area contributed by atoms with Crippen molar-refractivity contribution in [1.82, 2.24) is 0 Å². The van der Waals surface area contributed by atoms with Crippen molar-refractivity contribution in [3.8, 4) is 5.75 Å². The second-order valence-electron chi connectivity index (χ2n) is 5.84. The molecule has 0 radical (unpaired) electrons. The van der Waals surface area contributed by atoms with Crippen LogP contribution in [0.4, 0.5) is 24.5 Å². The van der Waals surface area contributed by atoms with Crippen molar-refractivity contribution in [2.75, 3.05) is 30.0 Å². The molecule has 152 valence electrons. The van der Waals surface area contributed by atoms with E-state index in [1.165, 1.54) is 30.3 Å². The average molecular weight is 416 g/mol. The van der Waals surface area contributed by atoms with Crippen LogP contribution in [0, 0.1) is 0 Å². The summed E-state index contributed by atoms with van der Waals surface area (Å²) in [5.74, 6) is -0.326. The van der Waals surface area contributed by atoms with Crippen molar-refractivity contribution in [2.45, 2.75) is 18.0 Å². The Balaban J connectivity index is 2.07. The molecule has 0 aromatic heterocycles. The number of amides is 1. The van der Waals surface area contributed by atoms with Gasteiger partial charge >= 0.3 is 6.18 Å².